The molecule has 14 heavy (non-hydrogen) atoms. The van der Waals surface area contributed by atoms with Gasteiger partial charge in [0.15, 0.2) is 12.4 Å². The van der Waals surface area contributed by atoms with Crippen LogP contribution in [0.15, 0.2) is 24.5 Å². The maximum absolute atomic E-state index is 2.28. The molecule has 80 valence electrons. The van der Waals surface area contributed by atoms with Crippen molar-refractivity contribution in [2.45, 2.75) is 46.1 Å². The minimum atomic E-state index is 0. The fraction of sp³-hybridized carbons (Fsp3) is 0.583. The summed E-state index contributed by atoms with van der Waals surface area (Å²) in [5.74, 6) is 0. The van der Waals surface area contributed by atoms with Crippen LogP contribution in [-0.2, 0) is 6.54 Å². The van der Waals surface area contributed by atoms with Crippen LogP contribution in [0, 0.1) is 6.92 Å². The highest BCUT2D eigenvalue weighted by molar-refractivity contribution is 5.01. The second kappa shape index (κ2) is 7.98. The number of pyridine rings is 1. The van der Waals surface area contributed by atoms with Gasteiger partial charge in [-0.25, -0.2) is 4.57 Å². The minimum absolute atomic E-state index is 0. The summed E-state index contributed by atoms with van der Waals surface area (Å²) in [5.41, 5.74) is 1.35. The van der Waals surface area contributed by atoms with Crippen LogP contribution in [0.1, 0.15) is 38.2 Å². The number of halogens is 1. The molecule has 0 saturated carbocycles. The molecule has 0 bridgehead atoms. The van der Waals surface area contributed by atoms with Gasteiger partial charge in [-0.3, -0.25) is 0 Å². The lowest BCUT2D eigenvalue weighted by atomic mass is 10.2. The van der Waals surface area contributed by atoms with Crippen molar-refractivity contribution in [3.05, 3.63) is 30.1 Å². The molecule has 0 amide bonds. The van der Waals surface area contributed by atoms with E-state index < -0.39 is 0 Å². The third-order valence-corrected chi connectivity index (χ3v) is 2.28. The molecule has 1 heterocycles. The third-order valence-electron chi connectivity index (χ3n) is 2.28. The predicted octanol–water partition coefficient (Wildman–Crippen LogP) is -0.133. The smallest absolute Gasteiger partial charge is 0.171 e. The molecule has 0 aliphatic heterocycles. The highest BCUT2D eigenvalue weighted by atomic mass is 79.9. The summed E-state index contributed by atoms with van der Waals surface area (Å²) >= 11 is 0. The Labute approximate surface area is 97.9 Å². The number of aromatic nitrogens is 1. The molecular formula is C12H20BrN. The highest BCUT2D eigenvalue weighted by Gasteiger charge is 1.98. The number of nitrogens with zero attached hydrogens (tertiary/aromatic N) is 1. The van der Waals surface area contributed by atoms with Crippen molar-refractivity contribution in [1.29, 1.82) is 0 Å². The first-order chi connectivity index (χ1) is 6.33. The summed E-state index contributed by atoms with van der Waals surface area (Å²) in [4.78, 5) is 0. The van der Waals surface area contributed by atoms with Crippen LogP contribution < -0.4 is 21.5 Å². The Hall–Kier alpha value is -0.370. The Morgan fingerprint density at radius 1 is 1.21 bits per heavy atom. The summed E-state index contributed by atoms with van der Waals surface area (Å²) in [6.45, 7) is 5.56. The van der Waals surface area contributed by atoms with Crippen LogP contribution in [-0.4, -0.2) is 0 Å². The SMILES string of the molecule is CCCCCC[n+]1cccc(C)c1.[Br-]. The van der Waals surface area contributed by atoms with Gasteiger partial charge in [0.1, 0.15) is 6.54 Å². The second-order valence-electron chi connectivity index (χ2n) is 3.68. The summed E-state index contributed by atoms with van der Waals surface area (Å²) in [7, 11) is 0. The average Bonchev–Trinajstić information content (AvgIpc) is 2.13. The van der Waals surface area contributed by atoms with E-state index in [0.717, 1.165) is 0 Å². The molecule has 0 atom stereocenters. The normalized spacial score (nSPS) is 9.57. The fourth-order valence-corrected chi connectivity index (χ4v) is 1.51. The molecular weight excluding hydrogens is 238 g/mol. The zero-order valence-electron chi connectivity index (χ0n) is 9.17. The molecule has 2 heteroatoms. The third kappa shape index (κ3) is 5.38. The number of aryl methyl sites for hydroxylation is 2. The Morgan fingerprint density at radius 3 is 2.64 bits per heavy atom. The number of unbranched alkanes of at least 4 members (excludes halogenated alkanes) is 3. The van der Waals surface area contributed by atoms with Gasteiger partial charge in [0.2, 0.25) is 0 Å². The quantitative estimate of drug-likeness (QED) is 0.511. The van der Waals surface area contributed by atoms with E-state index in [1.165, 1.54) is 37.8 Å². The van der Waals surface area contributed by atoms with Gasteiger partial charge >= 0.3 is 0 Å². The van der Waals surface area contributed by atoms with Gasteiger partial charge < -0.3 is 17.0 Å². The summed E-state index contributed by atoms with van der Waals surface area (Å²) in [6, 6.07) is 4.26. The summed E-state index contributed by atoms with van der Waals surface area (Å²) < 4.78 is 2.28. The first-order valence-electron chi connectivity index (χ1n) is 5.28. The van der Waals surface area contributed by atoms with Crippen LogP contribution in [0.2, 0.25) is 0 Å². The Morgan fingerprint density at radius 2 is 2.00 bits per heavy atom. The molecule has 0 aromatic carbocycles. The van der Waals surface area contributed by atoms with Gasteiger partial charge in [-0.05, 0) is 19.4 Å². The van der Waals surface area contributed by atoms with Gasteiger partial charge in [0, 0.05) is 18.1 Å². The average molecular weight is 258 g/mol. The Bertz CT molecular complexity index is 248. The molecule has 1 aromatic heterocycles. The number of rotatable bonds is 5. The van der Waals surface area contributed by atoms with E-state index in [1.807, 2.05) is 0 Å². The molecule has 0 spiro atoms. The molecule has 0 fully saturated rings. The van der Waals surface area contributed by atoms with Crippen LogP contribution in [0.3, 0.4) is 0 Å². The topological polar surface area (TPSA) is 3.88 Å². The van der Waals surface area contributed by atoms with Crippen molar-refractivity contribution in [3.63, 3.8) is 0 Å². The van der Waals surface area contributed by atoms with E-state index in [9.17, 15) is 0 Å². The molecule has 0 unspecified atom stereocenters. The predicted molar refractivity (Wildman–Crippen MR) is 55.5 cm³/mol. The first kappa shape index (κ1) is 13.6. The van der Waals surface area contributed by atoms with Crippen molar-refractivity contribution in [1.82, 2.24) is 0 Å². The Balaban J connectivity index is 0.00000169. The maximum Gasteiger partial charge on any atom is 0.171 e. The summed E-state index contributed by atoms with van der Waals surface area (Å²) in [6.07, 6.45) is 9.72. The maximum atomic E-state index is 2.28. The number of hydrogen-bond acceptors (Lipinski definition) is 0. The van der Waals surface area contributed by atoms with E-state index in [0.29, 0.717) is 0 Å². The van der Waals surface area contributed by atoms with Gasteiger partial charge in [-0.2, -0.15) is 0 Å². The van der Waals surface area contributed by atoms with Gasteiger partial charge in [-0.15, -0.1) is 0 Å². The fourth-order valence-electron chi connectivity index (χ4n) is 1.51. The molecule has 0 N–H and O–H groups in total. The lowest BCUT2D eigenvalue weighted by Crippen LogP contribution is -3.00. The molecule has 1 aromatic rings. The van der Waals surface area contributed by atoms with Crippen molar-refractivity contribution in [2.75, 3.05) is 0 Å². The van der Waals surface area contributed by atoms with E-state index in [2.05, 4.69) is 42.9 Å². The van der Waals surface area contributed by atoms with Gasteiger partial charge in [0.05, 0.1) is 0 Å². The molecule has 1 rings (SSSR count). The molecule has 1 nitrogen and oxygen atoms in total. The monoisotopic (exact) mass is 257 g/mol. The lowest BCUT2D eigenvalue weighted by molar-refractivity contribution is -0.697. The Kier molecular flexibility index (Phi) is 7.77. The van der Waals surface area contributed by atoms with Crippen LogP contribution >= 0.6 is 0 Å². The molecule has 0 saturated heterocycles. The van der Waals surface area contributed by atoms with E-state index >= 15 is 0 Å². The zero-order valence-corrected chi connectivity index (χ0v) is 10.8. The van der Waals surface area contributed by atoms with Gasteiger partial charge in [0.25, 0.3) is 0 Å². The number of hydrogen-bond donors (Lipinski definition) is 0. The molecule has 0 radical (unpaired) electrons. The summed E-state index contributed by atoms with van der Waals surface area (Å²) in [5, 5.41) is 0. The van der Waals surface area contributed by atoms with Crippen molar-refractivity contribution in [3.8, 4) is 0 Å². The lowest BCUT2D eigenvalue weighted by Gasteiger charge is -1.97. The van der Waals surface area contributed by atoms with Crippen LogP contribution in [0.5, 0.6) is 0 Å². The first-order valence-corrected chi connectivity index (χ1v) is 5.28. The van der Waals surface area contributed by atoms with Gasteiger partial charge in [-0.1, -0.05) is 19.8 Å². The minimum Gasteiger partial charge on any atom is -1.00 e. The van der Waals surface area contributed by atoms with E-state index in [-0.39, 0.29) is 17.0 Å². The molecule has 0 aliphatic rings. The van der Waals surface area contributed by atoms with Crippen molar-refractivity contribution >= 4 is 0 Å². The van der Waals surface area contributed by atoms with E-state index in [1.54, 1.807) is 0 Å². The van der Waals surface area contributed by atoms with Crippen LogP contribution in [0.4, 0.5) is 0 Å². The second-order valence-corrected chi connectivity index (χ2v) is 3.68. The van der Waals surface area contributed by atoms with Crippen LogP contribution in [0.25, 0.3) is 0 Å². The highest BCUT2D eigenvalue weighted by Crippen LogP contribution is 1.98. The largest absolute Gasteiger partial charge is 1.00 e. The molecule has 0 aliphatic carbocycles. The van der Waals surface area contributed by atoms with Crippen molar-refractivity contribution in [2.24, 2.45) is 0 Å². The van der Waals surface area contributed by atoms with Crippen molar-refractivity contribution < 1.29 is 21.5 Å². The standard InChI is InChI=1S/C12H20N.BrH/c1-3-4-5-6-9-13-10-7-8-12(2)11-13;/h7-8,10-11H,3-6,9H2,1-2H3;1H/q+1;/p-1. The zero-order chi connectivity index (χ0) is 9.52. The van der Waals surface area contributed by atoms with E-state index in [4.69, 9.17) is 0 Å².